The highest BCUT2D eigenvalue weighted by Crippen LogP contribution is 2.23. The van der Waals surface area contributed by atoms with Crippen molar-refractivity contribution in [2.24, 2.45) is 0 Å². The van der Waals surface area contributed by atoms with Crippen molar-refractivity contribution in [1.29, 1.82) is 0 Å². The van der Waals surface area contributed by atoms with Crippen molar-refractivity contribution < 1.29 is 9.47 Å². The molecule has 0 unspecified atom stereocenters. The van der Waals surface area contributed by atoms with Gasteiger partial charge in [-0.05, 0) is 24.3 Å². The Morgan fingerprint density at radius 1 is 1.19 bits per heavy atom. The van der Waals surface area contributed by atoms with Gasteiger partial charge in [0.15, 0.2) is 0 Å². The van der Waals surface area contributed by atoms with E-state index in [-0.39, 0.29) is 6.10 Å². The van der Waals surface area contributed by atoms with Crippen LogP contribution in [0.4, 0.5) is 0 Å². The summed E-state index contributed by atoms with van der Waals surface area (Å²) < 4.78 is 12.9. The molecular formula is C13H13NO2. The number of epoxide rings is 1. The maximum absolute atomic E-state index is 5.74. The molecule has 82 valence electrons. The van der Waals surface area contributed by atoms with Crippen LogP contribution in [0.2, 0.25) is 0 Å². The molecule has 3 nitrogen and oxygen atoms in total. The summed E-state index contributed by atoms with van der Waals surface area (Å²) in [4.78, 5) is 0. The molecule has 1 atom stereocenters. The van der Waals surface area contributed by atoms with Gasteiger partial charge in [-0.25, -0.2) is 0 Å². The summed E-state index contributed by atoms with van der Waals surface area (Å²) in [7, 11) is 0. The number of nitrogens with zero attached hydrogens (tertiary/aromatic N) is 1. The van der Waals surface area contributed by atoms with Crippen molar-refractivity contribution in [1.82, 2.24) is 4.57 Å². The third-order valence-electron chi connectivity index (χ3n) is 2.57. The Labute approximate surface area is 94.2 Å². The normalized spacial score (nSPS) is 18.4. The lowest BCUT2D eigenvalue weighted by Gasteiger charge is -2.11. The second-order valence-electron chi connectivity index (χ2n) is 3.82. The van der Waals surface area contributed by atoms with Crippen molar-refractivity contribution in [3.63, 3.8) is 0 Å². The summed E-state index contributed by atoms with van der Waals surface area (Å²) in [6.07, 6.45) is 4.31. The summed E-state index contributed by atoms with van der Waals surface area (Å²) in [5, 5.41) is 0. The number of ether oxygens (including phenoxy) is 2. The topological polar surface area (TPSA) is 26.7 Å². The third kappa shape index (κ3) is 1.95. The lowest BCUT2D eigenvalue weighted by atomic mass is 10.3. The Morgan fingerprint density at radius 2 is 1.94 bits per heavy atom. The monoisotopic (exact) mass is 215 g/mol. The zero-order chi connectivity index (χ0) is 10.8. The zero-order valence-electron chi connectivity index (χ0n) is 8.87. The lowest BCUT2D eigenvalue weighted by molar-refractivity contribution is 0.262. The second kappa shape index (κ2) is 4.02. The van der Waals surface area contributed by atoms with Gasteiger partial charge < -0.3 is 14.0 Å². The van der Waals surface area contributed by atoms with Crippen LogP contribution in [0.25, 0.3) is 5.69 Å². The molecule has 1 aromatic carbocycles. The van der Waals surface area contributed by atoms with E-state index in [1.807, 2.05) is 53.4 Å². The molecular weight excluding hydrogens is 202 g/mol. The fraction of sp³-hybridized carbons (Fsp3) is 0.231. The van der Waals surface area contributed by atoms with Crippen LogP contribution in [-0.4, -0.2) is 23.9 Å². The van der Waals surface area contributed by atoms with E-state index in [1.165, 1.54) is 0 Å². The maximum Gasteiger partial charge on any atom is 0.143 e. The van der Waals surface area contributed by atoms with Crippen molar-refractivity contribution >= 4 is 0 Å². The lowest BCUT2D eigenvalue weighted by Crippen LogP contribution is -2.06. The van der Waals surface area contributed by atoms with Crippen molar-refractivity contribution in [3.8, 4) is 11.4 Å². The molecule has 1 saturated heterocycles. The fourth-order valence-electron chi connectivity index (χ4n) is 1.63. The van der Waals surface area contributed by atoms with Crippen molar-refractivity contribution in [2.75, 3.05) is 13.2 Å². The zero-order valence-corrected chi connectivity index (χ0v) is 8.87. The van der Waals surface area contributed by atoms with Gasteiger partial charge >= 0.3 is 0 Å². The Balaban J connectivity index is 1.85. The molecule has 3 heteroatoms. The van der Waals surface area contributed by atoms with Crippen LogP contribution in [0.5, 0.6) is 5.75 Å². The molecule has 0 N–H and O–H groups in total. The highest BCUT2D eigenvalue weighted by molar-refractivity contribution is 5.46. The smallest absolute Gasteiger partial charge is 0.143 e. The first kappa shape index (κ1) is 9.48. The van der Waals surface area contributed by atoms with E-state index in [2.05, 4.69) is 0 Å². The molecule has 3 rings (SSSR count). The summed E-state index contributed by atoms with van der Waals surface area (Å²) in [6.45, 7) is 1.46. The number of benzene rings is 1. The molecule has 1 aliphatic heterocycles. The molecule has 0 radical (unpaired) electrons. The van der Waals surface area contributed by atoms with Crippen LogP contribution in [0, 0.1) is 0 Å². The van der Waals surface area contributed by atoms with Crippen LogP contribution in [0.1, 0.15) is 0 Å². The molecule has 2 aromatic rings. The molecule has 1 aromatic heterocycles. The van der Waals surface area contributed by atoms with Gasteiger partial charge in [-0.2, -0.15) is 0 Å². The van der Waals surface area contributed by atoms with Gasteiger partial charge in [0.2, 0.25) is 0 Å². The van der Waals surface area contributed by atoms with Gasteiger partial charge in [0, 0.05) is 12.4 Å². The van der Waals surface area contributed by atoms with Crippen molar-refractivity contribution in [3.05, 3.63) is 48.8 Å². The van der Waals surface area contributed by atoms with Crippen LogP contribution in [0.15, 0.2) is 48.8 Å². The van der Waals surface area contributed by atoms with E-state index < -0.39 is 0 Å². The van der Waals surface area contributed by atoms with E-state index in [1.54, 1.807) is 0 Å². The minimum absolute atomic E-state index is 0.290. The standard InChI is InChI=1S/C13H13NO2/c1-2-6-13(16-10-11-9-15-11)12(5-1)14-7-3-4-8-14/h1-8,11H,9-10H2/t11-/m1/s1. The predicted octanol–water partition coefficient (Wildman–Crippen LogP) is 2.25. The quantitative estimate of drug-likeness (QED) is 0.731. The summed E-state index contributed by atoms with van der Waals surface area (Å²) in [6, 6.07) is 12.0. The molecule has 2 heterocycles. The van der Waals surface area contributed by atoms with Gasteiger partial charge in [-0.15, -0.1) is 0 Å². The van der Waals surface area contributed by atoms with Gasteiger partial charge in [0.05, 0.1) is 12.3 Å². The molecule has 1 aliphatic rings. The molecule has 0 spiro atoms. The molecule has 0 amide bonds. The fourth-order valence-corrected chi connectivity index (χ4v) is 1.63. The number of para-hydroxylation sites is 2. The van der Waals surface area contributed by atoms with E-state index in [0.29, 0.717) is 6.61 Å². The molecule has 1 fully saturated rings. The summed E-state index contributed by atoms with van der Waals surface area (Å²) in [5.41, 5.74) is 1.06. The van der Waals surface area contributed by atoms with E-state index in [4.69, 9.17) is 9.47 Å². The van der Waals surface area contributed by atoms with Crippen LogP contribution < -0.4 is 4.74 Å². The summed E-state index contributed by atoms with van der Waals surface area (Å²) >= 11 is 0. The number of hydrogen-bond acceptors (Lipinski definition) is 2. The first-order chi connectivity index (χ1) is 7.93. The maximum atomic E-state index is 5.74. The molecule has 0 saturated carbocycles. The third-order valence-corrected chi connectivity index (χ3v) is 2.57. The Kier molecular flexibility index (Phi) is 2.38. The van der Waals surface area contributed by atoms with Gasteiger partial charge in [-0.3, -0.25) is 0 Å². The highest BCUT2D eigenvalue weighted by Gasteiger charge is 2.23. The Bertz CT molecular complexity index is 461. The molecule has 16 heavy (non-hydrogen) atoms. The van der Waals surface area contributed by atoms with Gasteiger partial charge in [0.1, 0.15) is 18.5 Å². The first-order valence-electron chi connectivity index (χ1n) is 5.40. The van der Waals surface area contributed by atoms with E-state index >= 15 is 0 Å². The minimum Gasteiger partial charge on any atom is -0.489 e. The number of rotatable bonds is 4. The van der Waals surface area contributed by atoms with Crippen LogP contribution >= 0.6 is 0 Å². The number of hydrogen-bond donors (Lipinski definition) is 0. The Morgan fingerprint density at radius 3 is 2.69 bits per heavy atom. The second-order valence-corrected chi connectivity index (χ2v) is 3.82. The number of aromatic nitrogens is 1. The van der Waals surface area contributed by atoms with Gasteiger partial charge in [0.25, 0.3) is 0 Å². The predicted molar refractivity (Wildman–Crippen MR) is 61.0 cm³/mol. The highest BCUT2D eigenvalue weighted by atomic mass is 16.6. The van der Waals surface area contributed by atoms with Gasteiger partial charge in [-0.1, -0.05) is 12.1 Å². The minimum atomic E-state index is 0.290. The van der Waals surface area contributed by atoms with Crippen LogP contribution in [-0.2, 0) is 4.74 Å². The average Bonchev–Trinajstić information content (AvgIpc) is 3.00. The van der Waals surface area contributed by atoms with E-state index in [9.17, 15) is 0 Å². The first-order valence-corrected chi connectivity index (χ1v) is 5.40. The largest absolute Gasteiger partial charge is 0.489 e. The van der Waals surface area contributed by atoms with Crippen LogP contribution in [0.3, 0.4) is 0 Å². The Hall–Kier alpha value is -1.74. The van der Waals surface area contributed by atoms with E-state index in [0.717, 1.165) is 18.0 Å². The SMILES string of the molecule is c1ccc(-n2cccc2)c(OC[C@H]2CO2)c1. The van der Waals surface area contributed by atoms with Crippen molar-refractivity contribution in [2.45, 2.75) is 6.10 Å². The average molecular weight is 215 g/mol. The summed E-state index contributed by atoms with van der Waals surface area (Å²) in [5.74, 6) is 0.897. The molecule has 0 aliphatic carbocycles. The molecule has 0 bridgehead atoms.